The van der Waals surface area contributed by atoms with Crippen LogP contribution in [0.3, 0.4) is 0 Å². The van der Waals surface area contributed by atoms with Gasteiger partial charge in [0.1, 0.15) is 6.10 Å². The van der Waals surface area contributed by atoms with Crippen molar-refractivity contribution in [2.45, 2.75) is 72.7 Å². The molecule has 0 amide bonds. The molecular weight excluding hydrogens is 308 g/mol. The zero-order valence-corrected chi connectivity index (χ0v) is 15.3. The molecule has 2 unspecified atom stereocenters. The molecule has 0 aromatic rings. The summed E-state index contributed by atoms with van der Waals surface area (Å²) in [5, 5.41) is 0. The van der Waals surface area contributed by atoms with E-state index in [0.717, 1.165) is 31.3 Å². The smallest absolute Gasteiger partial charge is 0.305 e. The molecule has 5 atom stereocenters. The Hall–Kier alpha value is -1.52. The lowest BCUT2D eigenvalue weighted by Gasteiger charge is -2.58. The van der Waals surface area contributed by atoms with Crippen molar-refractivity contribution in [1.29, 1.82) is 0 Å². The van der Waals surface area contributed by atoms with Gasteiger partial charge >= 0.3 is 11.9 Å². The highest BCUT2D eigenvalue weighted by Gasteiger charge is 2.61. The van der Waals surface area contributed by atoms with Crippen molar-refractivity contribution in [1.82, 2.24) is 0 Å². The van der Waals surface area contributed by atoms with E-state index in [0.29, 0.717) is 5.92 Å². The van der Waals surface area contributed by atoms with Crippen LogP contribution in [0.4, 0.5) is 0 Å². The van der Waals surface area contributed by atoms with Crippen LogP contribution in [-0.4, -0.2) is 24.3 Å². The molecular formula is C19H28O5. The van der Waals surface area contributed by atoms with Gasteiger partial charge in [0.15, 0.2) is 0 Å². The first kappa shape index (κ1) is 17.3. The third-order valence-electron chi connectivity index (χ3n) is 6.37. The Labute approximate surface area is 143 Å². The summed E-state index contributed by atoms with van der Waals surface area (Å²) < 4.78 is 16.8. The highest BCUT2D eigenvalue weighted by atomic mass is 16.7. The maximum atomic E-state index is 11.6. The fourth-order valence-corrected chi connectivity index (χ4v) is 5.47. The van der Waals surface area contributed by atoms with Gasteiger partial charge in [0, 0.05) is 19.4 Å². The van der Waals surface area contributed by atoms with Crippen LogP contribution in [0.25, 0.3) is 0 Å². The van der Waals surface area contributed by atoms with Gasteiger partial charge in [-0.05, 0) is 36.0 Å². The van der Waals surface area contributed by atoms with E-state index in [2.05, 4.69) is 20.8 Å². The Kier molecular flexibility index (Phi) is 4.17. The van der Waals surface area contributed by atoms with Crippen LogP contribution in [0.15, 0.2) is 11.8 Å². The second-order valence-electron chi connectivity index (χ2n) is 8.44. The lowest BCUT2D eigenvalue weighted by atomic mass is 9.47. The number of hydrogen-bond donors (Lipinski definition) is 0. The lowest BCUT2D eigenvalue weighted by Crippen LogP contribution is -2.55. The van der Waals surface area contributed by atoms with Gasteiger partial charge in [-0.25, -0.2) is 0 Å². The molecule has 2 fully saturated rings. The highest BCUT2D eigenvalue weighted by molar-refractivity contribution is 5.67. The molecule has 0 saturated heterocycles. The van der Waals surface area contributed by atoms with Gasteiger partial charge in [-0.2, -0.15) is 0 Å². The van der Waals surface area contributed by atoms with E-state index in [1.807, 2.05) is 0 Å². The van der Waals surface area contributed by atoms with E-state index in [1.165, 1.54) is 13.8 Å². The van der Waals surface area contributed by atoms with E-state index in [-0.39, 0.29) is 34.8 Å². The van der Waals surface area contributed by atoms with Gasteiger partial charge in [-0.3, -0.25) is 9.59 Å². The summed E-state index contributed by atoms with van der Waals surface area (Å²) in [5.74, 6) is -0.304. The van der Waals surface area contributed by atoms with Crippen LogP contribution < -0.4 is 0 Å². The third kappa shape index (κ3) is 2.72. The SMILES string of the molecule is CC(=O)OC1OC=C2[C@H]1[C@@]1(C)CCCC(C)(C)C1C[C@H]2OC(C)=O. The van der Waals surface area contributed by atoms with Crippen LogP contribution in [0.5, 0.6) is 0 Å². The third-order valence-corrected chi connectivity index (χ3v) is 6.37. The molecule has 5 heteroatoms. The predicted octanol–water partition coefficient (Wildman–Crippen LogP) is 3.57. The van der Waals surface area contributed by atoms with Gasteiger partial charge in [-0.1, -0.05) is 27.2 Å². The standard InChI is InChI=1S/C19H28O5/c1-11(20)23-14-9-15-18(3,4)7-6-8-19(15,5)16-13(14)10-22-17(16)24-12(2)21/h10,14-17H,6-9H2,1-5H3/t14-,15?,16-,17?,19+/m1/s1. The Morgan fingerprint density at radius 2 is 1.79 bits per heavy atom. The van der Waals surface area contributed by atoms with Crippen LogP contribution >= 0.6 is 0 Å². The van der Waals surface area contributed by atoms with Crippen molar-refractivity contribution >= 4 is 11.9 Å². The first-order valence-corrected chi connectivity index (χ1v) is 8.85. The van der Waals surface area contributed by atoms with Crippen molar-refractivity contribution in [3.8, 4) is 0 Å². The Balaban J connectivity index is 2.00. The number of hydrogen-bond acceptors (Lipinski definition) is 5. The molecule has 134 valence electrons. The van der Waals surface area contributed by atoms with Crippen molar-refractivity contribution in [3.05, 3.63) is 11.8 Å². The topological polar surface area (TPSA) is 61.8 Å². The number of ether oxygens (including phenoxy) is 3. The van der Waals surface area contributed by atoms with Crippen LogP contribution in [0.2, 0.25) is 0 Å². The van der Waals surface area contributed by atoms with Crippen molar-refractivity contribution < 1.29 is 23.8 Å². The van der Waals surface area contributed by atoms with Crippen LogP contribution in [-0.2, 0) is 23.8 Å². The van der Waals surface area contributed by atoms with E-state index in [1.54, 1.807) is 6.26 Å². The zero-order valence-electron chi connectivity index (χ0n) is 15.3. The Morgan fingerprint density at radius 3 is 2.42 bits per heavy atom. The predicted molar refractivity (Wildman–Crippen MR) is 87.6 cm³/mol. The highest BCUT2D eigenvalue weighted by Crippen LogP contribution is 2.63. The Morgan fingerprint density at radius 1 is 1.12 bits per heavy atom. The first-order chi connectivity index (χ1) is 11.1. The molecule has 3 rings (SSSR count). The summed E-state index contributed by atoms with van der Waals surface area (Å²) in [7, 11) is 0. The van der Waals surface area contributed by atoms with Crippen molar-refractivity contribution in [3.63, 3.8) is 0 Å². The van der Waals surface area contributed by atoms with E-state index >= 15 is 0 Å². The van der Waals surface area contributed by atoms with Gasteiger partial charge in [0.25, 0.3) is 6.29 Å². The fraction of sp³-hybridized carbons (Fsp3) is 0.789. The molecule has 0 aromatic carbocycles. The molecule has 1 aliphatic heterocycles. The summed E-state index contributed by atoms with van der Waals surface area (Å²) in [6, 6.07) is 0. The molecule has 0 N–H and O–H groups in total. The second kappa shape index (κ2) is 5.78. The minimum atomic E-state index is -0.614. The van der Waals surface area contributed by atoms with E-state index in [4.69, 9.17) is 14.2 Å². The zero-order chi connectivity index (χ0) is 17.7. The van der Waals surface area contributed by atoms with Crippen molar-refractivity contribution in [2.75, 3.05) is 0 Å². The molecule has 3 aliphatic rings. The molecule has 1 heterocycles. The number of esters is 2. The second-order valence-corrected chi connectivity index (χ2v) is 8.44. The van der Waals surface area contributed by atoms with Gasteiger partial charge < -0.3 is 14.2 Å². The van der Waals surface area contributed by atoms with Gasteiger partial charge in [-0.15, -0.1) is 0 Å². The first-order valence-electron chi connectivity index (χ1n) is 8.85. The lowest BCUT2D eigenvalue weighted by molar-refractivity contribution is -0.193. The molecule has 0 radical (unpaired) electrons. The number of carbonyl (C=O) groups is 2. The maximum Gasteiger partial charge on any atom is 0.305 e. The molecule has 0 aromatic heterocycles. The molecule has 0 spiro atoms. The van der Waals surface area contributed by atoms with Gasteiger partial charge in [0.2, 0.25) is 0 Å². The fourth-order valence-electron chi connectivity index (χ4n) is 5.47. The monoisotopic (exact) mass is 336 g/mol. The summed E-state index contributed by atoms with van der Waals surface area (Å²) in [4.78, 5) is 23.1. The minimum absolute atomic E-state index is 0.0269. The van der Waals surface area contributed by atoms with E-state index in [9.17, 15) is 9.59 Å². The molecule has 2 saturated carbocycles. The number of rotatable bonds is 2. The summed E-state index contributed by atoms with van der Waals surface area (Å²) in [5.41, 5.74) is 1.09. The quantitative estimate of drug-likeness (QED) is 0.721. The Bertz CT molecular complexity index is 578. The summed E-state index contributed by atoms with van der Waals surface area (Å²) >= 11 is 0. The van der Waals surface area contributed by atoms with Gasteiger partial charge in [0.05, 0.1) is 12.2 Å². The number of carbonyl (C=O) groups excluding carboxylic acids is 2. The maximum absolute atomic E-state index is 11.6. The average Bonchev–Trinajstić information content (AvgIpc) is 2.84. The molecule has 5 nitrogen and oxygen atoms in total. The summed E-state index contributed by atoms with van der Waals surface area (Å²) in [6.07, 6.45) is 4.94. The molecule has 2 aliphatic carbocycles. The number of fused-ring (bicyclic) bond motifs is 3. The van der Waals surface area contributed by atoms with Crippen LogP contribution in [0.1, 0.15) is 60.3 Å². The summed E-state index contributed by atoms with van der Waals surface area (Å²) in [6.45, 7) is 9.72. The van der Waals surface area contributed by atoms with Crippen LogP contribution in [0, 0.1) is 22.7 Å². The van der Waals surface area contributed by atoms with Crippen molar-refractivity contribution in [2.24, 2.45) is 22.7 Å². The normalized spacial score (nSPS) is 39.8. The minimum Gasteiger partial charge on any atom is -0.462 e. The van der Waals surface area contributed by atoms with E-state index < -0.39 is 6.29 Å². The molecule has 24 heavy (non-hydrogen) atoms. The molecule has 0 bridgehead atoms. The average molecular weight is 336 g/mol. The largest absolute Gasteiger partial charge is 0.462 e.